The quantitative estimate of drug-likeness (QED) is 0.488. The van der Waals surface area contributed by atoms with E-state index in [1.54, 1.807) is 0 Å². The van der Waals surface area contributed by atoms with Crippen molar-refractivity contribution < 1.29 is 35.8 Å². The second kappa shape index (κ2) is 7.85. The average Bonchev–Trinajstić information content (AvgIpc) is 2.71. The number of hydrogen-bond donors (Lipinski definition) is 0. The highest BCUT2D eigenvalue weighted by Gasteiger charge is 2.48. The molecule has 0 aliphatic heterocycles. The minimum atomic E-state index is -5.34. The number of benzene rings is 2. The van der Waals surface area contributed by atoms with Crippen molar-refractivity contribution in [3.8, 4) is 34.0 Å². The van der Waals surface area contributed by atoms with Crippen LogP contribution in [0.3, 0.4) is 0 Å². The number of halogens is 6. The lowest BCUT2D eigenvalue weighted by molar-refractivity contribution is -0.161. The van der Waals surface area contributed by atoms with Gasteiger partial charge in [0.2, 0.25) is 0 Å². The van der Waals surface area contributed by atoms with E-state index in [4.69, 9.17) is 9.47 Å². The van der Waals surface area contributed by atoms with Crippen LogP contribution in [-0.2, 0) is 12.4 Å². The zero-order chi connectivity index (χ0) is 22.1. The van der Waals surface area contributed by atoms with Crippen LogP contribution in [0.5, 0.6) is 11.5 Å². The Bertz CT molecular complexity index is 945. The summed E-state index contributed by atoms with van der Waals surface area (Å²) in [4.78, 5) is 0. The summed E-state index contributed by atoms with van der Waals surface area (Å²) >= 11 is 0. The van der Waals surface area contributed by atoms with Crippen molar-refractivity contribution in [2.24, 2.45) is 0 Å². The van der Waals surface area contributed by atoms with E-state index in [-0.39, 0.29) is 11.1 Å². The van der Waals surface area contributed by atoms with Gasteiger partial charge in [0.25, 0.3) is 0 Å². The highest BCUT2D eigenvalue weighted by molar-refractivity contribution is 5.73. The number of methoxy groups -OCH3 is 2. The van der Waals surface area contributed by atoms with Gasteiger partial charge in [-0.05, 0) is 48.5 Å². The molecule has 0 atom stereocenters. The zero-order valence-electron chi connectivity index (χ0n) is 15.6. The average molecular weight is 428 g/mol. The normalized spacial score (nSPS) is 12.0. The molecule has 4 nitrogen and oxygen atoms in total. The van der Waals surface area contributed by atoms with Gasteiger partial charge in [0.05, 0.1) is 25.3 Å². The van der Waals surface area contributed by atoms with Gasteiger partial charge in [0, 0.05) is 11.1 Å². The molecule has 1 heterocycles. The van der Waals surface area contributed by atoms with Gasteiger partial charge >= 0.3 is 12.4 Å². The van der Waals surface area contributed by atoms with Crippen molar-refractivity contribution in [1.82, 2.24) is 10.2 Å². The van der Waals surface area contributed by atoms with E-state index in [2.05, 4.69) is 10.2 Å². The third-order valence-electron chi connectivity index (χ3n) is 4.27. The van der Waals surface area contributed by atoms with Crippen LogP contribution in [0.15, 0.2) is 48.5 Å². The summed E-state index contributed by atoms with van der Waals surface area (Å²) < 4.78 is 93.1. The van der Waals surface area contributed by atoms with Gasteiger partial charge < -0.3 is 9.47 Å². The molecule has 3 rings (SSSR count). The molecule has 1 aromatic heterocycles. The molecule has 0 aliphatic carbocycles. The predicted molar refractivity (Wildman–Crippen MR) is 96.0 cm³/mol. The third kappa shape index (κ3) is 4.17. The monoisotopic (exact) mass is 428 g/mol. The van der Waals surface area contributed by atoms with Crippen LogP contribution in [-0.4, -0.2) is 24.4 Å². The lowest BCUT2D eigenvalue weighted by Crippen LogP contribution is -2.21. The molecule has 3 aromatic rings. The first-order chi connectivity index (χ1) is 14.1. The summed E-state index contributed by atoms with van der Waals surface area (Å²) in [5.74, 6) is 0.650. The first kappa shape index (κ1) is 21.4. The number of aromatic nitrogens is 2. The highest BCUT2D eigenvalue weighted by atomic mass is 19.4. The summed E-state index contributed by atoms with van der Waals surface area (Å²) in [7, 11) is 2.70. The molecule has 10 heteroatoms. The van der Waals surface area contributed by atoms with Crippen LogP contribution in [0.1, 0.15) is 11.1 Å². The van der Waals surface area contributed by atoms with Crippen molar-refractivity contribution in [1.29, 1.82) is 0 Å². The lowest BCUT2D eigenvalue weighted by Gasteiger charge is -2.21. The van der Waals surface area contributed by atoms with Gasteiger partial charge in [-0.15, -0.1) is 10.2 Å². The summed E-state index contributed by atoms with van der Waals surface area (Å²) in [5.41, 5.74) is -6.00. The van der Waals surface area contributed by atoms with Crippen LogP contribution >= 0.6 is 0 Å². The summed E-state index contributed by atoms with van der Waals surface area (Å²) in [6.45, 7) is 0. The van der Waals surface area contributed by atoms with Gasteiger partial charge in [0.15, 0.2) is 0 Å². The second-order valence-electron chi connectivity index (χ2n) is 6.10. The lowest BCUT2D eigenvalue weighted by atomic mass is 9.96. The Kier molecular flexibility index (Phi) is 5.60. The molecule has 30 heavy (non-hydrogen) atoms. The van der Waals surface area contributed by atoms with Crippen LogP contribution in [0.25, 0.3) is 22.5 Å². The molecule has 0 unspecified atom stereocenters. The fourth-order valence-electron chi connectivity index (χ4n) is 2.89. The van der Waals surface area contributed by atoms with E-state index < -0.39 is 34.9 Å². The Hall–Kier alpha value is -3.30. The number of hydrogen-bond acceptors (Lipinski definition) is 4. The van der Waals surface area contributed by atoms with E-state index in [0.29, 0.717) is 11.5 Å². The molecular weight excluding hydrogens is 414 g/mol. The minimum Gasteiger partial charge on any atom is -0.497 e. The molecule has 0 saturated carbocycles. The summed E-state index contributed by atoms with van der Waals surface area (Å²) in [6.07, 6.45) is -10.7. The number of ether oxygens (including phenoxy) is 2. The van der Waals surface area contributed by atoms with E-state index >= 15 is 0 Å². The maximum Gasteiger partial charge on any atom is 0.419 e. The minimum absolute atomic E-state index is 0.178. The molecule has 158 valence electrons. The number of alkyl halides is 6. The van der Waals surface area contributed by atoms with E-state index in [1.165, 1.54) is 62.8 Å². The first-order valence-electron chi connectivity index (χ1n) is 8.40. The number of rotatable bonds is 4. The van der Waals surface area contributed by atoms with Gasteiger partial charge in [0.1, 0.15) is 22.9 Å². The molecule has 0 saturated heterocycles. The molecule has 0 bridgehead atoms. The first-order valence-corrected chi connectivity index (χ1v) is 8.40. The SMILES string of the molecule is COc1ccc(-c2nnc(-c3ccc(OC)cc3)c(C(F)(F)F)c2C(F)(F)F)cc1. The third-order valence-corrected chi connectivity index (χ3v) is 4.27. The Balaban J connectivity index is 2.32. The fraction of sp³-hybridized carbons (Fsp3) is 0.200. The molecule has 0 aliphatic rings. The standard InChI is InChI=1S/C20H14F6N2O2/c1-29-13-7-3-11(4-8-13)17-15(19(21,22)23)16(20(24,25)26)18(28-27-17)12-5-9-14(30-2)10-6-12/h3-10H,1-2H3. The second-order valence-corrected chi connectivity index (χ2v) is 6.10. The van der Waals surface area contributed by atoms with Crippen molar-refractivity contribution in [2.75, 3.05) is 14.2 Å². The maximum atomic E-state index is 13.9. The summed E-state index contributed by atoms with van der Waals surface area (Å²) in [6, 6.07) is 10.0. The van der Waals surface area contributed by atoms with Crippen molar-refractivity contribution >= 4 is 0 Å². The zero-order valence-corrected chi connectivity index (χ0v) is 15.6. The van der Waals surface area contributed by atoms with E-state index in [0.717, 1.165) is 0 Å². The van der Waals surface area contributed by atoms with Gasteiger partial charge in [-0.2, -0.15) is 26.3 Å². The predicted octanol–water partition coefficient (Wildman–Crippen LogP) is 5.87. The van der Waals surface area contributed by atoms with E-state index in [9.17, 15) is 26.3 Å². The Labute approximate surface area is 167 Å². The van der Waals surface area contributed by atoms with Crippen molar-refractivity contribution in [3.05, 3.63) is 59.7 Å². The molecule has 0 radical (unpaired) electrons. The molecule has 2 aromatic carbocycles. The van der Waals surface area contributed by atoms with Crippen LogP contribution < -0.4 is 9.47 Å². The smallest absolute Gasteiger partial charge is 0.419 e. The molecule has 0 N–H and O–H groups in total. The fourth-order valence-corrected chi connectivity index (χ4v) is 2.89. The van der Waals surface area contributed by atoms with Crippen molar-refractivity contribution in [2.45, 2.75) is 12.4 Å². The van der Waals surface area contributed by atoms with E-state index in [1.807, 2.05) is 0 Å². The van der Waals surface area contributed by atoms with Crippen LogP contribution in [0.4, 0.5) is 26.3 Å². The van der Waals surface area contributed by atoms with Gasteiger partial charge in [-0.1, -0.05) is 0 Å². The number of nitrogens with zero attached hydrogens (tertiary/aromatic N) is 2. The maximum absolute atomic E-state index is 13.9. The molecule has 0 fully saturated rings. The Morgan fingerprint density at radius 2 is 0.867 bits per heavy atom. The van der Waals surface area contributed by atoms with Gasteiger partial charge in [-0.25, -0.2) is 0 Å². The summed E-state index contributed by atoms with van der Waals surface area (Å²) in [5, 5.41) is 7.04. The molecule has 0 amide bonds. The largest absolute Gasteiger partial charge is 0.497 e. The van der Waals surface area contributed by atoms with Crippen molar-refractivity contribution in [3.63, 3.8) is 0 Å². The van der Waals surface area contributed by atoms with Crippen LogP contribution in [0, 0.1) is 0 Å². The topological polar surface area (TPSA) is 44.2 Å². The highest BCUT2D eigenvalue weighted by Crippen LogP contribution is 2.47. The Morgan fingerprint density at radius 3 is 1.10 bits per heavy atom. The Morgan fingerprint density at radius 1 is 0.567 bits per heavy atom. The molecular formula is C20H14F6N2O2. The molecule has 0 spiro atoms. The van der Waals surface area contributed by atoms with Gasteiger partial charge in [-0.3, -0.25) is 0 Å². The van der Waals surface area contributed by atoms with Crippen LogP contribution in [0.2, 0.25) is 0 Å².